The molecule has 1 heterocycles. The van der Waals surface area contributed by atoms with Gasteiger partial charge in [-0.3, -0.25) is 19.3 Å². The summed E-state index contributed by atoms with van der Waals surface area (Å²) >= 11 is 0. The highest BCUT2D eigenvalue weighted by atomic mass is 16.4. The summed E-state index contributed by atoms with van der Waals surface area (Å²) in [5.41, 5.74) is 0. The molecule has 1 N–H and O–H groups in total. The van der Waals surface area contributed by atoms with E-state index in [2.05, 4.69) is 6.92 Å². The standard InChI is InChI=1S/C14H19NO4/c1-7-4-9-10(5-7)14(19)15(13(9)18)11(6-12(16)17)8-2-3-8/h7-11H,2-6H2,1H3,(H,16,17). The van der Waals surface area contributed by atoms with E-state index in [0.29, 0.717) is 5.92 Å². The number of carboxylic acids is 1. The monoisotopic (exact) mass is 265 g/mol. The molecule has 0 bridgehead atoms. The van der Waals surface area contributed by atoms with Crippen LogP contribution in [0.1, 0.15) is 39.0 Å². The van der Waals surface area contributed by atoms with Crippen LogP contribution in [0.2, 0.25) is 0 Å². The maximum atomic E-state index is 12.4. The summed E-state index contributed by atoms with van der Waals surface area (Å²) in [5, 5.41) is 8.99. The minimum atomic E-state index is -0.928. The molecule has 3 atom stereocenters. The lowest BCUT2D eigenvalue weighted by molar-refractivity contribution is -0.146. The van der Waals surface area contributed by atoms with Crippen molar-refractivity contribution in [2.75, 3.05) is 0 Å². The summed E-state index contributed by atoms with van der Waals surface area (Å²) < 4.78 is 0. The molecule has 3 aliphatic rings. The Morgan fingerprint density at radius 1 is 1.26 bits per heavy atom. The Labute approximate surface area is 112 Å². The smallest absolute Gasteiger partial charge is 0.305 e. The molecule has 5 heteroatoms. The Balaban J connectivity index is 1.82. The Kier molecular flexibility index (Phi) is 2.87. The molecule has 0 aromatic carbocycles. The minimum absolute atomic E-state index is 0.100. The van der Waals surface area contributed by atoms with Crippen LogP contribution < -0.4 is 0 Å². The van der Waals surface area contributed by atoms with Gasteiger partial charge in [-0.25, -0.2) is 0 Å². The first kappa shape index (κ1) is 12.6. The van der Waals surface area contributed by atoms with E-state index in [1.807, 2.05) is 0 Å². The second-order valence-electron chi connectivity index (χ2n) is 6.34. The molecule has 104 valence electrons. The van der Waals surface area contributed by atoms with Gasteiger partial charge in [0.2, 0.25) is 11.8 Å². The lowest BCUT2D eigenvalue weighted by Gasteiger charge is -2.26. The molecule has 0 aromatic heterocycles. The van der Waals surface area contributed by atoms with Crippen LogP contribution in [0.4, 0.5) is 0 Å². The van der Waals surface area contributed by atoms with Gasteiger partial charge in [-0.2, -0.15) is 0 Å². The second kappa shape index (κ2) is 4.32. The number of fused-ring (bicyclic) bond motifs is 1. The molecule has 0 aromatic rings. The van der Waals surface area contributed by atoms with Crippen molar-refractivity contribution in [1.29, 1.82) is 0 Å². The number of carboxylic acid groups (broad SMARTS) is 1. The Morgan fingerprint density at radius 3 is 2.21 bits per heavy atom. The van der Waals surface area contributed by atoms with Gasteiger partial charge < -0.3 is 5.11 Å². The maximum Gasteiger partial charge on any atom is 0.305 e. The molecule has 0 radical (unpaired) electrons. The highest BCUT2D eigenvalue weighted by Gasteiger charge is 2.55. The van der Waals surface area contributed by atoms with E-state index in [1.165, 1.54) is 4.90 Å². The molecule has 3 unspecified atom stereocenters. The number of hydrogen-bond donors (Lipinski definition) is 1. The molecule has 5 nitrogen and oxygen atoms in total. The van der Waals surface area contributed by atoms with E-state index in [9.17, 15) is 14.4 Å². The first-order valence-corrected chi connectivity index (χ1v) is 7.07. The van der Waals surface area contributed by atoms with Crippen molar-refractivity contribution in [1.82, 2.24) is 4.90 Å². The number of amides is 2. The van der Waals surface area contributed by atoms with Crippen LogP contribution in [0.15, 0.2) is 0 Å². The van der Waals surface area contributed by atoms with Gasteiger partial charge in [-0.15, -0.1) is 0 Å². The fourth-order valence-corrected chi connectivity index (χ4v) is 3.76. The van der Waals surface area contributed by atoms with Crippen LogP contribution >= 0.6 is 0 Å². The molecule has 3 fully saturated rings. The quantitative estimate of drug-likeness (QED) is 0.777. The Morgan fingerprint density at radius 2 is 1.79 bits per heavy atom. The van der Waals surface area contributed by atoms with Crippen LogP contribution in [-0.4, -0.2) is 33.8 Å². The molecular formula is C14H19NO4. The normalized spacial score (nSPS) is 35.6. The zero-order chi connectivity index (χ0) is 13.7. The number of likely N-dealkylation sites (tertiary alicyclic amines) is 1. The molecule has 19 heavy (non-hydrogen) atoms. The van der Waals surface area contributed by atoms with Crippen LogP contribution in [0.5, 0.6) is 0 Å². The minimum Gasteiger partial charge on any atom is -0.481 e. The van der Waals surface area contributed by atoms with Gasteiger partial charge in [-0.05, 0) is 37.5 Å². The molecule has 0 spiro atoms. The summed E-state index contributed by atoms with van der Waals surface area (Å²) in [7, 11) is 0. The first-order valence-electron chi connectivity index (χ1n) is 7.07. The number of carbonyl (C=O) groups excluding carboxylic acids is 2. The number of rotatable bonds is 4. The zero-order valence-corrected chi connectivity index (χ0v) is 11.0. The molecular weight excluding hydrogens is 246 g/mol. The van der Waals surface area contributed by atoms with Gasteiger partial charge in [0.05, 0.1) is 24.3 Å². The van der Waals surface area contributed by atoms with Crippen LogP contribution in [0.3, 0.4) is 0 Å². The van der Waals surface area contributed by atoms with Crippen molar-refractivity contribution in [3.63, 3.8) is 0 Å². The van der Waals surface area contributed by atoms with Gasteiger partial charge in [0.1, 0.15) is 0 Å². The van der Waals surface area contributed by atoms with Gasteiger partial charge in [-0.1, -0.05) is 6.92 Å². The highest BCUT2D eigenvalue weighted by Crippen LogP contribution is 2.47. The van der Waals surface area contributed by atoms with Crippen molar-refractivity contribution >= 4 is 17.8 Å². The topological polar surface area (TPSA) is 74.7 Å². The van der Waals surface area contributed by atoms with Crippen LogP contribution in [-0.2, 0) is 14.4 Å². The molecule has 3 rings (SSSR count). The average molecular weight is 265 g/mol. The second-order valence-corrected chi connectivity index (χ2v) is 6.34. The third-order valence-corrected chi connectivity index (χ3v) is 4.79. The number of imide groups is 1. The molecule has 2 aliphatic carbocycles. The molecule has 2 amide bonds. The van der Waals surface area contributed by atoms with Crippen molar-refractivity contribution in [2.24, 2.45) is 23.7 Å². The molecule has 1 aliphatic heterocycles. The van der Waals surface area contributed by atoms with Gasteiger partial charge in [0, 0.05) is 0 Å². The summed E-state index contributed by atoms with van der Waals surface area (Å²) in [5.74, 6) is -0.892. The predicted octanol–water partition coefficient (Wildman–Crippen LogP) is 1.27. The van der Waals surface area contributed by atoms with Gasteiger partial charge in [0.25, 0.3) is 0 Å². The summed E-state index contributed by atoms with van der Waals surface area (Å²) in [6.07, 6.45) is 3.31. The third kappa shape index (κ3) is 2.05. The van der Waals surface area contributed by atoms with Gasteiger partial charge in [0.15, 0.2) is 0 Å². The first-order chi connectivity index (χ1) is 8.99. The number of hydrogen-bond acceptors (Lipinski definition) is 3. The lowest BCUT2D eigenvalue weighted by atomic mass is 10.00. The van der Waals surface area contributed by atoms with Crippen LogP contribution in [0.25, 0.3) is 0 Å². The van der Waals surface area contributed by atoms with E-state index >= 15 is 0 Å². The van der Waals surface area contributed by atoms with E-state index in [4.69, 9.17) is 5.11 Å². The zero-order valence-electron chi connectivity index (χ0n) is 11.0. The van der Waals surface area contributed by atoms with E-state index in [0.717, 1.165) is 25.7 Å². The van der Waals surface area contributed by atoms with Gasteiger partial charge >= 0.3 is 5.97 Å². The van der Waals surface area contributed by atoms with Crippen molar-refractivity contribution in [2.45, 2.75) is 45.1 Å². The number of carbonyl (C=O) groups is 3. The SMILES string of the molecule is CC1CC2C(=O)N(C(CC(=O)O)C3CC3)C(=O)C2C1. The van der Waals surface area contributed by atoms with Crippen LogP contribution in [0, 0.1) is 23.7 Å². The fraction of sp³-hybridized carbons (Fsp3) is 0.786. The molecule has 1 saturated heterocycles. The van der Waals surface area contributed by atoms with E-state index < -0.39 is 12.0 Å². The summed E-state index contributed by atoms with van der Waals surface area (Å²) in [4.78, 5) is 37.1. The summed E-state index contributed by atoms with van der Waals surface area (Å²) in [6.45, 7) is 2.07. The number of nitrogens with zero attached hydrogens (tertiary/aromatic N) is 1. The lowest BCUT2D eigenvalue weighted by Crippen LogP contribution is -2.43. The maximum absolute atomic E-state index is 12.4. The number of aliphatic carboxylic acids is 1. The molecule has 2 saturated carbocycles. The Bertz CT molecular complexity index is 419. The largest absolute Gasteiger partial charge is 0.481 e. The third-order valence-electron chi connectivity index (χ3n) is 4.79. The predicted molar refractivity (Wildman–Crippen MR) is 66.0 cm³/mol. The summed E-state index contributed by atoms with van der Waals surface area (Å²) in [6, 6.07) is -0.404. The van der Waals surface area contributed by atoms with E-state index in [-0.39, 0.29) is 36.0 Å². The average Bonchev–Trinajstić information content (AvgIpc) is 3.05. The van der Waals surface area contributed by atoms with Crippen molar-refractivity contribution in [3.05, 3.63) is 0 Å². The Hall–Kier alpha value is -1.39. The van der Waals surface area contributed by atoms with Crippen molar-refractivity contribution < 1.29 is 19.5 Å². The fourth-order valence-electron chi connectivity index (χ4n) is 3.76. The van der Waals surface area contributed by atoms with Crippen molar-refractivity contribution in [3.8, 4) is 0 Å². The highest BCUT2D eigenvalue weighted by molar-refractivity contribution is 6.06. The van der Waals surface area contributed by atoms with E-state index in [1.54, 1.807) is 0 Å².